The van der Waals surface area contributed by atoms with Gasteiger partial charge in [0.05, 0.1) is 10.9 Å². The Hall–Kier alpha value is -2.00. The number of amides is 1. The first-order valence-corrected chi connectivity index (χ1v) is 12.7. The van der Waals surface area contributed by atoms with Crippen LogP contribution in [0.3, 0.4) is 0 Å². The second kappa shape index (κ2) is 10.5. The number of hydrogen-bond acceptors (Lipinski definition) is 3. The van der Waals surface area contributed by atoms with Crippen molar-refractivity contribution in [3.63, 3.8) is 0 Å². The number of hydrogen-bond donors (Lipinski definition) is 2. The van der Waals surface area contributed by atoms with E-state index in [2.05, 4.69) is 41.9 Å². The van der Waals surface area contributed by atoms with Crippen molar-refractivity contribution >= 4 is 47.8 Å². The molecule has 3 aromatic rings. The first-order valence-electron chi connectivity index (χ1n) is 9.62. The Balaban J connectivity index is 1.82. The van der Waals surface area contributed by atoms with E-state index < -0.39 is 16.1 Å². The Morgan fingerprint density at radius 2 is 1.42 bits per heavy atom. The first kappa shape index (κ1) is 23.7. The monoisotopic (exact) mass is 564 g/mol. The molecule has 0 bridgehead atoms. The van der Waals surface area contributed by atoms with E-state index in [0.29, 0.717) is 0 Å². The molecule has 8 heteroatoms. The van der Waals surface area contributed by atoms with Gasteiger partial charge in [-0.05, 0) is 60.9 Å². The van der Waals surface area contributed by atoms with Crippen LogP contribution in [0.5, 0.6) is 0 Å². The molecule has 1 amide bonds. The molecule has 162 valence electrons. The van der Waals surface area contributed by atoms with Gasteiger partial charge in [-0.3, -0.25) is 4.79 Å². The molecule has 0 aromatic heterocycles. The fourth-order valence-electron chi connectivity index (χ4n) is 3.06. The van der Waals surface area contributed by atoms with Crippen LogP contribution < -0.4 is 10.0 Å². The van der Waals surface area contributed by atoms with Crippen molar-refractivity contribution in [2.75, 3.05) is 0 Å². The fraction of sp³-hybridized carbons (Fsp3) is 0.174. The molecule has 0 unspecified atom stereocenters. The van der Waals surface area contributed by atoms with Gasteiger partial charge in [-0.15, -0.1) is 0 Å². The summed E-state index contributed by atoms with van der Waals surface area (Å²) in [5.74, 6) is -0.389. The maximum atomic E-state index is 13.1. The van der Waals surface area contributed by atoms with E-state index in [1.807, 2.05) is 61.5 Å². The van der Waals surface area contributed by atoms with Crippen LogP contribution in [0.2, 0.25) is 0 Å². The van der Waals surface area contributed by atoms with Gasteiger partial charge in [0.1, 0.15) is 6.04 Å². The Labute approximate surface area is 199 Å². The molecule has 31 heavy (non-hydrogen) atoms. The van der Waals surface area contributed by atoms with Gasteiger partial charge in [-0.25, -0.2) is 8.42 Å². The van der Waals surface area contributed by atoms with Gasteiger partial charge in [0.2, 0.25) is 15.9 Å². The number of halogens is 2. The van der Waals surface area contributed by atoms with E-state index in [-0.39, 0.29) is 23.3 Å². The molecule has 5 nitrogen and oxygen atoms in total. The van der Waals surface area contributed by atoms with E-state index in [4.69, 9.17) is 0 Å². The van der Waals surface area contributed by atoms with Crippen molar-refractivity contribution < 1.29 is 13.2 Å². The second-order valence-electron chi connectivity index (χ2n) is 7.10. The van der Waals surface area contributed by atoms with E-state index in [0.717, 1.165) is 20.1 Å². The van der Waals surface area contributed by atoms with Gasteiger partial charge >= 0.3 is 0 Å². The molecule has 2 N–H and O–H groups in total. The number of rotatable bonds is 8. The topological polar surface area (TPSA) is 75.3 Å². The number of benzene rings is 3. The van der Waals surface area contributed by atoms with Crippen molar-refractivity contribution in [2.45, 2.75) is 30.3 Å². The minimum atomic E-state index is -3.89. The zero-order chi connectivity index (χ0) is 22.4. The third-order valence-corrected chi connectivity index (χ3v) is 7.29. The molecular weight excluding hydrogens is 544 g/mol. The van der Waals surface area contributed by atoms with Crippen LogP contribution in [0.15, 0.2) is 92.7 Å². The third kappa shape index (κ3) is 6.74. The number of carbonyl (C=O) groups is 1. The molecule has 2 atom stereocenters. The summed E-state index contributed by atoms with van der Waals surface area (Å²) in [4.78, 5) is 13.2. The van der Waals surface area contributed by atoms with Crippen molar-refractivity contribution in [3.8, 4) is 0 Å². The second-order valence-corrected chi connectivity index (χ2v) is 10.6. The largest absolute Gasteiger partial charge is 0.348 e. The molecule has 0 radical (unpaired) electrons. The quantitative estimate of drug-likeness (QED) is 0.404. The molecule has 0 aliphatic rings. The van der Waals surface area contributed by atoms with Crippen LogP contribution in [0.4, 0.5) is 0 Å². The highest BCUT2D eigenvalue weighted by Crippen LogP contribution is 2.18. The predicted molar refractivity (Wildman–Crippen MR) is 129 cm³/mol. The average Bonchev–Trinajstić information content (AvgIpc) is 2.74. The maximum Gasteiger partial charge on any atom is 0.241 e. The van der Waals surface area contributed by atoms with Crippen molar-refractivity contribution in [2.24, 2.45) is 0 Å². The van der Waals surface area contributed by atoms with Crippen molar-refractivity contribution in [1.82, 2.24) is 10.0 Å². The van der Waals surface area contributed by atoms with E-state index in [9.17, 15) is 13.2 Å². The highest BCUT2D eigenvalue weighted by molar-refractivity contribution is 9.10. The summed E-state index contributed by atoms with van der Waals surface area (Å²) in [6.45, 7) is 1.87. The average molecular weight is 566 g/mol. The summed E-state index contributed by atoms with van der Waals surface area (Å²) in [7, 11) is -3.89. The summed E-state index contributed by atoms with van der Waals surface area (Å²) < 4.78 is 30.2. The predicted octanol–water partition coefficient (Wildman–Crippen LogP) is 4.98. The minimum Gasteiger partial charge on any atom is -0.348 e. The van der Waals surface area contributed by atoms with Gasteiger partial charge in [0, 0.05) is 8.95 Å². The Morgan fingerprint density at radius 1 is 0.871 bits per heavy atom. The molecule has 0 spiro atoms. The highest BCUT2D eigenvalue weighted by Gasteiger charge is 2.27. The first-order chi connectivity index (χ1) is 14.7. The fourth-order valence-corrected chi connectivity index (χ4v) is 4.78. The lowest BCUT2D eigenvalue weighted by Gasteiger charge is -2.22. The Bertz CT molecular complexity index is 1120. The Morgan fingerprint density at radius 3 is 2.00 bits per heavy atom. The zero-order valence-corrected chi connectivity index (χ0v) is 20.7. The lowest BCUT2D eigenvalue weighted by atomic mass is 10.0. The van der Waals surface area contributed by atoms with E-state index in [1.165, 1.54) is 12.1 Å². The molecule has 3 rings (SSSR count). The van der Waals surface area contributed by atoms with Crippen LogP contribution in [0.25, 0.3) is 0 Å². The molecule has 3 aromatic carbocycles. The SMILES string of the molecule is C[C@@H](NC(=O)[C@H](Cc1ccccc1)NS(=O)(=O)c1ccc(Br)cc1)c1ccc(Br)cc1. The summed E-state index contributed by atoms with van der Waals surface area (Å²) in [6.07, 6.45) is 0.232. The van der Waals surface area contributed by atoms with Crippen LogP contribution in [0, 0.1) is 0 Å². The molecule has 0 aliphatic carbocycles. The van der Waals surface area contributed by atoms with Crippen LogP contribution in [-0.4, -0.2) is 20.4 Å². The molecule has 0 heterocycles. The molecule has 0 saturated heterocycles. The van der Waals surface area contributed by atoms with Gasteiger partial charge in [-0.1, -0.05) is 74.3 Å². The maximum absolute atomic E-state index is 13.1. The Kier molecular flexibility index (Phi) is 8.05. The lowest BCUT2D eigenvalue weighted by Crippen LogP contribution is -2.48. The zero-order valence-electron chi connectivity index (χ0n) is 16.8. The van der Waals surface area contributed by atoms with Gasteiger partial charge in [0.25, 0.3) is 0 Å². The number of carbonyl (C=O) groups excluding carboxylic acids is 1. The smallest absolute Gasteiger partial charge is 0.241 e. The van der Waals surface area contributed by atoms with Crippen molar-refractivity contribution in [3.05, 3.63) is 98.9 Å². The number of sulfonamides is 1. The van der Waals surface area contributed by atoms with Crippen LogP contribution >= 0.6 is 31.9 Å². The van der Waals surface area contributed by atoms with Gasteiger partial charge < -0.3 is 5.32 Å². The van der Waals surface area contributed by atoms with Gasteiger partial charge in [0.15, 0.2) is 0 Å². The van der Waals surface area contributed by atoms with Crippen molar-refractivity contribution in [1.29, 1.82) is 0 Å². The normalized spacial score (nSPS) is 13.4. The van der Waals surface area contributed by atoms with Crippen LogP contribution in [0.1, 0.15) is 24.1 Å². The van der Waals surface area contributed by atoms with E-state index in [1.54, 1.807) is 12.1 Å². The van der Waals surface area contributed by atoms with Crippen LogP contribution in [-0.2, 0) is 21.2 Å². The van der Waals surface area contributed by atoms with Gasteiger partial charge in [-0.2, -0.15) is 4.72 Å². The minimum absolute atomic E-state index is 0.0996. The molecule has 0 aliphatic heterocycles. The lowest BCUT2D eigenvalue weighted by molar-refractivity contribution is -0.123. The molecule has 0 saturated carbocycles. The molecule has 0 fully saturated rings. The summed E-state index contributed by atoms with van der Waals surface area (Å²) in [5, 5.41) is 2.93. The standard InChI is InChI=1S/C23H22Br2N2O3S/c1-16(18-7-9-19(24)10-8-18)26-23(28)22(15-17-5-3-2-4-6-17)27-31(29,30)21-13-11-20(25)12-14-21/h2-14,16,22,27H,15H2,1H3,(H,26,28)/t16-,22+/m1/s1. The highest BCUT2D eigenvalue weighted by atomic mass is 79.9. The summed E-state index contributed by atoms with van der Waals surface area (Å²) in [6, 6.07) is 22.0. The number of nitrogens with one attached hydrogen (secondary N) is 2. The summed E-state index contributed by atoms with van der Waals surface area (Å²) >= 11 is 6.70. The summed E-state index contributed by atoms with van der Waals surface area (Å²) in [5.41, 5.74) is 1.78. The molecular formula is C23H22Br2N2O3S. The van der Waals surface area contributed by atoms with E-state index >= 15 is 0 Å². The third-order valence-electron chi connectivity index (χ3n) is 4.75.